The average molecular weight is 792 g/mol. The number of sulfone groups is 1. The molecule has 0 saturated carbocycles. The van der Waals surface area contributed by atoms with Crippen LogP contribution in [0.1, 0.15) is 22.8 Å². The number of pyridine rings is 1. The Morgan fingerprint density at radius 1 is 1.00 bits per heavy atom. The number of hydrogen-bond acceptors (Lipinski definition) is 14. The van der Waals surface area contributed by atoms with Crippen molar-refractivity contribution in [3.05, 3.63) is 63.9 Å². The molecule has 0 aliphatic rings. The van der Waals surface area contributed by atoms with Gasteiger partial charge in [-0.3, -0.25) is 23.3 Å². The SMILES string of the molecule is CCn1c(O)c(C(N)=O)c(C)c(N=Nc2cc(NC(N)=NC(Cl)=NCNc3ccc(S(=O)(=O)CCOS(=O)(=O)O)cc3)ccc2S(=O)(=O)O)c1=O. The number of guanidine groups is 1. The van der Waals surface area contributed by atoms with Crippen LogP contribution >= 0.6 is 11.6 Å². The molecule has 0 unspecified atom stereocenters. The van der Waals surface area contributed by atoms with Gasteiger partial charge in [-0.25, -0.2) is 17.6 Å². The number of aromatic nitrogens is 1. The maximum Gasteiger partial charge on any atom is 0.397 e. The van der Waals surface area contributed by atoms with Gasteiger partial charge < -0.3 is 27.2 Å². The molecule has 0 fully saturated rings. The van der Waals surface area contributed by atoms with Gasteiger partial charge in [0, 0.05) is 23.5 Å². The number of nitrogens with zero attached hydrogens (tertiary/aromatic N) is 5. The van der Waals surface area contributed by atoms with E-state index < -0.39 is 81.9 Å². The first kappa shape index (κ1) is 40.4. The Balaban J connectivity index is 1.77. The molecule has 0 saturated heterocycles. The number of primary amides is 1. The molecule has 1 heterocycles. The number of rotatable bonds is 14. The summed E-state index contributed by atoms with van der Waals surface area (Å²) in [6, 6.07) is 8.48. The van der Waals surface area contributed by atoms with Crippen molar-refractivity contribution in [1.82, 2.24) is 4.57 Å². The second-order valence-electron chi connectivity index (χ2n) is 9.92. The highest BCUT2D eigenvalue weighted by Gasteiger charge is 2.23. The number of nitrogens with one attached hydrogen (secondary N) is 2. The summed E-state index contributed by atoms with van der Waals surface area (Å²) < 4.78 is 93.0. The van der Waals surface area contributed by atoms with Crippen LogP contribution in [0.2, 0.25) is 0 Å². The monoisotopic (exact) mass is 791 g/mol. The molecule has 0 aliphatic carbocycles. The lowest BCUT2D eigenvalue weighted by Crippen LogP contribution is -2.25. The average Bonchev–Trinajstić information content (AvgIpc) is 3.00. The van der Waals surface area contributed by atoms with Gasteiger partial charge in [-0.1, -0.05) is 0 Å². The molecule has 0 radical (unpaired) electrons. The van der Waals surface area contributed by atoms with Crippen molar-refractivity contribution in [2.45, 2.75) is 30.2 Å². The molecule has 1 aromatic heterocycles. The fourth-order valence-corrected chi connectivity index (χ4v) is 6.40. The third-order valence-electron chi connectivity index (χ3n) is 6.49. The van der Waals surface area contributed by atoms with E-state index in [0.29, 0.717) is 5.69 Å². The van der Waals surface area contributed by atoms with E-state index in [-0.39, 0.29) is 40.6 Å². The number of carbonyl (C=O) groups excluding carboxylic acids is 1. The van der Waals surface area contributed by atoms with Crippen LogP contribution in [0, 0.1) is 6.92 Å². The van der Waals surface area contributed by atoms with E-state index in [1.165, 1.54) is 44.2 Å². The van der Waals surface area contributed by atoms with Crippen molar-refractivity contribution >= 4 is 81.9 Å². The minimum absolute atomic E-state index is 0.0611. The number of anilines is 2. The smallest absolute Gasteiger partial charge is 0.397 e. The van der Waals surface area contributed by atoms with E-state index in [1.807, 2.05) is 0 Å². The first-order valence-corrected chi connectivity index (χ1v) is 18.8. The van der Waals surface area contributed by atoms with Crippen LogP contribution in [0.5, 0.6) is 5.88 Å². The van der Waals surface area contributed by atoms with E-state index in [1.54, 1.807) is 0 Å². The molecule has 21 nitrogen and oxygen atoms in total. The third-order valence-corrected chi connectivity index (χ3v) is 9.75. The molecule has 3 rings (SSSR count). The summed E-state index contributed by atoms with van der Waals surface area (Å²) >= 11 is 6.03. The summed E-state index contributed by atoms with van der Waals surface area (Å²) in [5, 5.41) is 23.0. The highest BCUT2D eigenvalue weighted by Crippen LogP contribution is 2.31. The lowest BCUT2D eigenvalue weighted by Gasteiger charge is -2.13. The van der Waals surface area contributed by atoms with Crippen LogP contribution in [0.25, 0.3) is 0 Å². The number of amides is 1. The lowest BCUT2D eigenvalue weighted by molar-refractivity contribution is 0.0995. The second-order valence-corrected chi connectivity index (χ2v) is 14.8. The van der Waals surface area contributed by atoms with Crippen LogP contribution in [0.15, 0.2) is 77.3 Å². The molecular formula is C26H30ClN9O12S3. The van der Waals surface area contributed by atoms with Crippen molar-refractivity contribution in [1.29, 1.82) is 0 Å². The van der Waals surface area contributed by atoms with Gasteiger partial charge in [0.1, 0.15) is 22.8 Å². The van der Waals surface area contributed by atoms with Gasteiger partial charge in [0.05, 0.1) is 17.3 Å². The van der Waals surface area contributed by atoms with Gasteiger partial charge in [-0.15, -0.1) is 10.2 Å². The Bertz CT molecular complexity index is 2310. The van der Waals surface area contributed by atoms with Gasteiger partial charge in [0.15, 0.2) is 15.5 Å². The zero-order valence-electron chi connectivity index (χ0n) is 26.4. The molecular weight excluding hydrogens is 762 g/mol. The van der Waals surface area contributed by atoms with Gasteiger partial charge in [-0.2, -0.15) is 21.8 Å². The van der Waals surface area contributed by atoms with E-state index in [4.69, 9.17) is 27.6 Å². The van der Waals surface area contributed by atoms with Gasteiger partial charge in [0.2, 0.25) is 17.1 Å². The topological polar surface area (TPSA) is 337 Å². The third kappa shape index (κ3) is 11.0. The number of azo groups is 1. The zero-order chi connectivity index (χ0) is 38.3. The largest absolute Gasteiger partial charge is 0.494 e. The number of aliphatic imine (C=N–C) groups is 2. The van der Waals surface area contributed by atoms with Crippen molar-refractivity contribution in [3.63, 3.8) is 0 Å². The number of carbonyl (C=O) groups is 1. The first-order chi connectivity index (χ1) is 23.6. The number of aromatic hydroxyl groups is 1. The number of benzene rings is 2. The Morgan fingerprint density at radius 2 is 1.63 bits per heavy atom. The standard InChI is InChI=1S/C26H30ClN9O12S3/c1-3-36-23(38)20(22(28)37)14(2)21(24(36)39)35-34-18-12-16(6-9-19(18)50(42,43)44)32-26(29)33-25(27)31-13-30-15-4-7-17(8-5-15)49(40,41)11-10-48-51(45,46)47/h4-9,12,30,38H,3,10-11,13H2,1-2H3,(H2,28,37)(H,42,43,44)(H,45,46,47)(H3,29,31,32,33). The van der Waals surface area contributed by atoms with Crippen LogP contribution < -0.4 is 27.7 Å². The van der Waals surface area contributed by atoms with Gasteiger partial charge in [-0.05, 0) is 67.9 Å². The summed E-state index contributed by atoms with van der Waals surface area (Å²) in [4.78, 5) is 31.8. The van der Waals surface area contributed by atoms with E-state index >= 15 is 0 Å². The maximum absolute atomic E-state index is 12.9. The van der Waals surface area contributed by atoms with E-state index in [0.717, 1.165) is 16.7 Å². The van der Waals surface area contributed by atoms with Crippen molar-refractivity contribution in [2.24, 2.45) is 31.7 Å². The van der Waals surface area contributed by atoms with Crippen LogP contribution in [-0.2, 0) is 41.1 Å². The van der Waals surface area contributed by atoms with E-state index in [2.05, 4.69) is 35.0 Å². The van der Waals surface area contributed by atoms with Crippen LogP contribution in [0.3, 0.4) is 0 Å². The molecule has 0 atom stereocenters. The number of amidine groups is 1. The molecule has 0 aliphatic heterocycles. The number of hydrogen-bond donors (Lipinski definition) is 7. The molecule has 0 spiro atoms. The normalized spacial score (nSPS) is 13.0. The molecule has 1 amide bonds. The minimum Gasteiger partial charge on any atom is -0.494 e. The molecule has 51 heavy (non-hydrogen) atoms. The predicted octanol–water partition coefficient (Wildman–Crippen LogP) is 1.63. The van der Waals surface area contributed by atoms with Crippen molar-refractivity contribution in [2.75, 3.05) is 29.7 Å². The Morgan fingerprint density at radius 3 is 2.20 bits per heavy atom. The molecule has 3 aromatic rings. The van der Waals surface area contributed by atoms with Gasteiger partial charge in [0.25, 0.3) is 21.6 Å². The zero-order valence-corrected chi connectivity index (χ0v) is 29.6. The lowest BCUT2D eigenvalue weighted by atomic mass is 10.1. The molecule has 9 N–H and O–H groups in total. The number of halogens is 1. The highest BCUT2D eigenvalue weighted by molar-refractivity contribution is 7.91. The van der Waals surface area contributed by atoms with Gasteiger partial charge >= 0.3 is 10.4 Å². The van der Waals surface area contributed by atoms with E-state index in [9.17, 15) is 44.5 Å². The summed E-state index contributed by atoms with van der Waals surface area (Å²) in [6.45, 7) is 1.76. The fraction of sp³-hybridized carbons (Fsp3) is 0.231. The highest BCUT2D eigenvalue weighted by atomic mass is 35.5. The van der Waals surface area contributed by atoms with Crippen LogP contribution in [0.4, 0.5) is 22.7 Å². The Hall–Kier alpha value is -4.98. The molecule has 2 aromatic carbocycles. The fourth-order valence-electron chi connectivity index (χ4n) is 4.16. The summed E-state index contributed by atoms with van der Waals surface area (Å²) in [6.07, 6.45) is 0. The maximum atomic E-state index is 12.9. The summed E-state index contributed by atoms with van der Waals surface area (Å²) in [5.74, 6) is -2.79. The first-order valence-electron chi connectivity index (χ1n) is 13.9. The quantitative estimate of drug-likeness (QED) is 0.0401. The Kier molecular flexibility index (Phi) is 13.0. The predicted molar refractivity (Wildman–Crippen MR) is 185 cm³/mol. The Labute approximate surface area is 295 Å². The molecule has 25 heteroatoms. The molecule has 0 bridgehead atoms. The van der Waals surface area contributed by atoms with Crippen molar-refractivity contribution in [3.8, 4) is 5.88 Å². The number of nitrogens with two attached hydrogens (primary N) is 2. The van der Waals surface area contributed by atoms with Crippen LogP contribution in [-0.4, -0.2) is 80.2 Å². The van der Waals surface area contributed by atoms with Crippen molar-refractivity contribution < 1.29 is 48.4 Å². The minimum atomic E-state index is -4.87. The summed E-state index contributed by atoms with van der Waals surface area (Å²) in [5.41, 5.74) is 9.39. The second kappa shape index (κ2) is 16.4. The molecule has 276 valence electrons. The summed E-state index contributed by atoms with van der Waals surface area (Å²) in [7, 11) is -13.6.